The van der Waals surface area contributed by atoms with Crippen LogP contribution in [0.3, 0.4) is 0 Å². The maximum absolute atomic E-state index is 9.27. The van der Waals surface area contributed by atoms with Gasteiger partial charge in [-0.2, -0.15) is 5.26 Å². The Labute approximate surface area is 78.9 Å². The Bertz CT molecular complexity index is 321. The van der Waals surface area contributed by atoms with Crippen LogP contribution in [0.25, 0.3) is 0 Å². The summed E-state index contributed by atoms with van der Waals surface area (Å²) >= 11 is 0. The molecule has 2 aliphatic carbocycles. The summed E-state index contributed by atoms with van der Waals surface area (Å²) in [5.74, 6) is 0.742. The van der Waals surface area contributed by atoms with Crippen molar-refractivity contribution in [2.24, 2.45) is 16.7 Å². The smallest absolute Gasteiger partial charge is 0.160 e. The molecule has 3 aliphatic rings. The predicted molar refractivity (Wildman–Crippen MR) is 47.9 cm³/mol. The van der Waals surface area contributed by atoms with Crippen molar-refractivity contribution in [3.8, 4) is 6.07 Å². The zero-order chi connectivity index (χ0) is 9.32. The van der Waals surface area contributed by atoms with Gasteiger partial charge >= 0.3 is 0 Å². The lowest BCUT2D eigenvalue weighted by molar-refractivity contribution is -0.0414. The number of hydrogen-bond donors (Lipinski definition) is 0. The molecule has 2 nitrogen and oxygen atoms in total. The second-order valence-corrected chi connectivity index (χ2v) is 5.42. The molecule has 0 amide bonds. The van der Waals surface area contributed by atoms with E-state index in [1.54, 1.807) is 0 Å². The van der Waals surface area contributed by atoms with Crippen molar-refractivity contribution in [2.75, 3.05) is 6.61 Å². The van der Waals surface area contributed by atoms with Crippen molar-refractivity contribution in [1.82, 2.24) is 0 Å². The molecule has 13 heavy (non-hydrogen) atoms. The summed E-state index contributed by atoms with van der Waals surface area (Å²) in [4.78, 5) is 0. The van der Waals surface area contributed by atoms with Gasteiger partial charge in [-0.25, -0.2) is 0 Å². The minimum Gasteiger partial charge on any atom is -0.359 e. The van der Waals surface area contributed by atoms with Crippen LogP contribution in [0, 0.1) is 28.1 Å². The highest BCUT2D eigenvalue weighted by molar-refractivity contribution is 5.30. The molecule has 70 valence electrons. The van der Waals surface area contributed by atoms with E-state index in [9.17, 15) is 5.26 Å². The topological polar surface area (TPSA) is 33.0 Å². The van der Waals surface area contributed by atoms with E-state index in [0.29, 0.717) is 5.41 Å². The number of nitrogens with zero attached hydrogens (tertiary/aromatic N) is 1. The number of nitriles is 1. The van der Waals surface area contributed by atoms with Gasteiger partial charge in [0.25, 0.3) is 0 Å². The Morgan fingerprint density at radius 3 is 2.69 bits per heavy atom. The SMILES string of the molecule is C[C@]12CC[C@@H]3C[C@@]1(C#N)OC[C@@]32C. The summed E-state index contributed by atoms with van der Waals surface area (Å²) in [7, 11) is 0. The van der Waals surface area contributed by atoms with Crippen LogP contribution < -0.4 is 0 Å². The largest absolute Gasteiger partial charge is 0.359 e. The Morgan fingerprint density at radius 1 is 1.46 bits per heavy atom. The van der Waals surface area contributed by atoms with Gasteiger partial charge in [-0.15, -0.1) is 0 Å². The summed E-state index contributed by atoms with van der Waals surface area (Å²) in [5, 5.41) is 9.27. The van der Waals surface area contributed by atoms with Gasteiger partial charge in [0.2, 0.25) is 0 Å². The molecule has 4 bridgehead atoms. The minimum absolute atomic E-state index is 0.138. The second-order valence-electron chi connectivity index (χ2n) is 5.42. The van der Waals surface area contributed by atoms with Crippen molar-refractivity contribution in [3.05, 3.63) is 0 Å². The first-order valence-electron chi connectivity index (χ1n) is 5.13. The molecule has 0 unspecified atom stereocenters. The van der Waals surface area contributed by atoms with Crippen LogP contribution >= 0.6 is 0 Å². The molecule has 0 radical (unpaired) electrons. The maximum atomic E-state index is 9.27. The third kappa shape index (κ3) is 0.518. The van der Waals surface area contributed by atoms with Crippen molar-refractivity contribution in [1.29, 1.82) is 5.26 Å². The molecule has 2 heteroatoms. The van der Waals surface area contributed by atoms with Gasteiger partial charge in [0.1, 0.15) is 0 Å². The fourth-order valence-electron chi connectivity index (χ4n) is 4.05. The molecule has 0 aromatic rings. The zero-order valence-corrected chi connectivity index (χ0v) is 8.26. The predicted octanol–water partition coefficient (Wildman–Crippen LogP) is 2.11. The average Bonchev–Trinajstić information content (AvgIpc) is 2.58. The van der Waals surface area contributed by atoms with E-state index in [-0.39, 0.29) is 5.41 Å². The fourth-order valence-corrected chi connectivity index (χ4v) is 4.05. The van der Waals surface area contributed by atoms with Crippen LogP contribution in [0.1, 0.15) is 33.1 Å². The Kier molecular flexibility index (Phi) is 1.07. The summed E-state index contributed by atoms with van der Waals surface area (Å²) in [6.07, 6.45) is 3.47. The molecule has 4 atom stereocenters. The first kappa shape index (κ1) is 7.82. The highest BCUT2D eigenvalue weighted by Crippen LogP contribution is 2.74. The molecule has 0 spiro atoms. The maximum Gasteiger partial charge on any atom is 0.160 e. The lowest BCUT2D eigenvalue weighted by Crippen LogP contribution is -2.41. The zero-order valence-electron chi connectivity index (χ0n) is 8.26. The minimum atomic E-state index is -0.426. The van der Waals surface area contributed by atoms with Gasteiger partial charge in [0, 0.05) is 10.8 Å². The van der Waals surface area contributed by atoms with E-state index in [1.807, 2.05) is 0 Å². The van der Waals surface area contributed by atoms with E-state index in [4.69, 9.17) is 4.74 Å². The van der Waals surface area contributed by atoms with Crippen molar-refractivity contribution < 1.29 is 4.74 Å². The molecule has 3 rings (SSSR count). The lowest BCUT2D eigenvalue weighted by Gasteiger charge is -2.35. The fraction of sp³-hybridized carbons (Fsp3) is 0.909. The van der Waals surface area contributed by atoms with Crippen molar-refractivity contribution in [2.45, 2.75) is 38.7 Å². The summed E-state index contributed by atoms with van der Waals surface area (Å²) < 4.78 is 5.77. The van der Waals surface area contributed by atoms with Gasteiger partial charge < -0.3 is 4.74 Å². The molecule has 0 N–H and O–H groups in total. The first-order chi connectivity index (χ1) is 6.08. The lowest BCUT2D eigenvalue weighted by atomic mass is 9.67. The van der Waals surface area contributed by atoms with Crippen LogP contribution in [-0.4, -0.2) is 12.2 Å². The molecule has 1 aliphatic heterocycles. The van der Waals surface area contributed by atoms with Gasteiger partial charge in [0.05, 0.1) is 12.7 Å². The molecule has 0 aromatic heterocycles. The molecular formula is C11H15NO. The van der Waals surface area contributed by atoms with E-state index in [0.717, 1.165) is 18.9 Å². The van der Waals surface area contributed by atoms with Crippen molar-refractivity contribution in [3.63, 3.8) is 0 Å². The third-order valence-corrected chi connectivity index (χ3v) is 5.38. The summed E-state index contributed by atoms with van der Waals surface area (Å²) in [6, 6.07) is 2.44. The highest BCUT2D eigenvalue weighted by atomic mass is 16.5. The third-order valence-electron chi connectivity index (χ3n) is 5.38. The Morgan fingerprint density at radius 2 is 2.23 bits per heavy atom. The molecule has 0 aromatic carbocycles. The highest BCUT2D eigenvalue weighted by Gasteiger charge is 2.76. The monoisotopic (exact) mass is 177 g/mol. The van der Waals surface area contributed by atoms with E-state index in [1.165, 1.54) is 12.8 Å². The molecule has 1 heterocycles. The van der Waals surface area contributed by atoms with E-state index >= 15 is 0 Å². The van der Waals surface area contributed by atoms with Crippen LogP contribution in [0.2, 0.25) is 0 Å². The van der Waals surface area contributed by atoms with Crippen LogP contribution in [0.5, 0.6) is 0 Å². The van der Waals surface area contributed by atoms with Gasteiger partial charge in [-0.05, 0) is 25.2 Å². The van der Waals surface area contributed by atoms with E-state index < -0.39 is 5.60 Å². The standard InChI is InChI=1S/C11H15NO/c1-9-7-13-11(6-12)5-8(9)3-4-10(9,11)2/h8H,3-5,7H2,1-2H3/t8-,9+,10-,11+/m1/s1. The van der Waals surface area contributed by atoms with E-state index in [2.05, 4.69) is 19.9 Å². The molecule has 2 saturated carbocycles. The quantitative estimate of drug-likeness (QED) is 0.567. The number of rotatable bonds is 0. The average molecular weight is 177 g/mol. The van der Waals surface area contributed by atoms with Gasteiger partial charge in [-0.1, -0.05) is 13.8 Å². The Hall–Kier alpha value is -0.550. The normalized spacial score (nSPS) is 62.7. The number of hydrogen-bond acceptors (Lipinski definition) is 2. The Balaban J connectivity index is 2.21. The van der Waals surface area contributed by atoms with Crippen LogP contribution in [0.4, 0.5) is 0 Å². The van der Waals surface area contributed by atoms with Crippen LogP contribution in [0.15, 0.2) is 0 Å². The van der Waals surface area contributed by atoms with Gasteiger partial charge in [-0.3, -0.25) is 0 Å². The van der Waals surface area contributed by atoms with Crippen molar-refractivity contribution >= 4 is 0 Å². The molecule has 3 fully saturated rings. The summed E-state index contributed by atoms with van der Waals surface area (Å²) in [5.41, 5.74) is 0.00676. The molecular weight excluding hydrogens is 162 g/mol. The summed E-state index contributed by atoms with van der Waals surface area (Å²) in [6.45, 7) is 5.38. The first-order valence-corrected chi connectivity index (χ1v) is 5.13. The molecule has 1 saturated heterocycles. The van der Waals surface area contributed by atoms with Gasteiger partial charge in [0.15, 0.2) is 5.60 Å². The number of ether oxygens (including phenoxy) is 1. The second kappa shape index (κ2) is 1.79. The van der Waals surface area contributed by atoms with Crippen LogP contribution in [-0.2, 0) is 4.74 Å².